The molecule has 1 aliphatic heterocycles. The lowest BCUT2D eigenvalue weighted by Crippen LogP contribution is -2.38. The Morgan fingerprint density at radius 3 is 3.14 bits per heavy atom. The highest BCUT2D eigenvalue weighted by Gasteiger charge is 2.16. The van der Waals surface area contributed by atoms with Gasteiger partial charge in [0, 0.05) is 13.1 Å². The van der Waals surface area contributed by atoms with Gasteiger partial charge in [-0.05, 0) is 57.1 Å². The fourth-order valence-electron chi connectivity index (χ4n) is 2.71. The molecule has 1 heterocycles. The number of aromatic carboxylic acids is 1. The monoisotopic (exact) mass is 292 g/mol. The van der Waals surface area contributed by atoms with Gasteiger partial charge < -0.3 is 20.1 Å². The summed E-state index contributed by atoms with van der Waals surface area (Å²) >= 11 is 0. The normalized spacial score (nSPS) is 19.4. The molecule has 1 aliphatic rings. The zero-order valence-electron chi connectivity index (χ0n) is 12.5. The minimum Gasteiger partial charge on any atom is -0.492 e. The number of piperidine rings is 1. The van der Waals surface area contributed by atoms with Crippen molar-refractivity contribution in [2.75, 3.05) is 39.8 Å². The van der Waals surface area contributed by atoms with Crippen molar-refractivity contribution < 1.29 is 14.6 Å². The minimum atomic E-state index is -0.931. The van der Waals surface area contributed by atoms with Gasteiger partial charge in [0.25, 0.3) is 0 Å². The van der Waals surface area contributed by atoms with Crippen LogP contribution in [0, 0.1) is 5.92 Å². The molecule has 0 amide bonds. The first kappa shape index (κ1) is 15.8. The molecule has 1 saturated heterocycles. The SMILES string of the molecule is CN1CCCC(CNCCOc2cccc(C(=O)O)c2)C1. The summed E-state index contributed by atoms with van der Waals surface area (Å²) in [4.78, 5) is 13.2. The van der Waals surface area contributed by atoms with Gasteiger partial charge in [-0.25, -0.2) is 4.79 Å². The molecule has 0 saturated carbocycles. The maximum atomic E-state index is 10.9. The third-order valence-electron chi connectivity index (χ3n) is 3.78. The molecule has 0 aromatic heterocycles. The van der Waals surface area contributed by atoms with Crippen molar-refractivity contribution in [3.8, 4) is 5.75 Å². The van der Waals surface area contributed by atoms with Crippen molar-refractivity contribution in [2.45, 2.75) is 12.8 Å². The van der Waals surface area contributed by atoms with E-state index in [0.29, 0.717) is 12.4 Å². The Morgan fingerprint density at radius 2 is 2.38 bits per heavy atom. The van der Waals surface area contributed by atoms with Crippen molar-refractivity contribution in [3.63, 3.8) is 0 Å². The topological polar surface area (TPSA) is 61.8 Å². The molecule has 1 fully saturated rings. The number of nitrogens with one attached hydrogen (secondary N) is 1. The summed E-state index contributed by atoms with van der Waals surface area (Å²) in [6.45, 7) is 4.71. The van der Waals surface area contributed by atoms with E-state index >= 15 is 0 Å². The van der Waals surface area contributed by atoms with Crippen molar-refractivity contribution in [1.82, 2.24) is 10.2 Å². The van der Waals surface area contributed by atoms with Crippen LogP contribution in [-0.2, 0) is 0 Å². The van der Waals surface area contributed by atoms with Crippen LogP contribution in [0.1, 0.15) is 23.2 Å². The zero-order valence-corrected chi connectivity index (χ0v) is 12.5. The molecule has 5 nitrogen and oxygen atoms in total. The van der Waals surface area contributed by atoms with E-state index in [9.17, 15) is 4.79 Å². The first-order valence-electron chi connectivity index (χ1n) is 7.50. The molecule has 0 aliphatic carbocycles. The molecule has 2 rings (SSSR count). The van der Waals surface area contributed by atoms with Crippen LogP contribution in [0.25, 0.3) is 0 Å². The van der Waals surface area contributed by atoms with Gasteiger partial charge >= 0.3 is 5.97 Å². The molecule has 1 atom stereocenters. The Balaban J connectivity index is 1.63. The molecule has 2 N–H and O–H groups in total. The Labute approximate surface area is 125 Å². The van der Waals surface area contributed by atoms with E-state index in [2.05, 4.69) is 17.3 Å². The van der Waals surface area contributed by atoms with E-state index in [1.165, 1.54) is 19.4 Å². The van der Waals surface area contributed by atoms with Gasteiger partial charge in [-0.2, -0.15) is 0 Å². The molecule has 1 unspecified atom stereocenters. The smallest absolute Gasteiger partial charge is 0.335 e. The number of carboxylic acids is 1. The van der Waals surface area contributed by atoms with Crippen LogP contribution in [0.5, 0.6) is 5.75 Å². The first-order chi connectivity index (χ1) is 10.1. The summed E-state index contributed by atoms with van der Waals surface area (Å²) in [7, 11) is 2.17. The predicted octanol–water partition coefficient (Wildman–Crippen LogP) is 1.69. The fourth-order valence-corrected chi connectivity index (χ4v) is 2.71. The third-order valence-corrected chi connectivity index (χ3v) is 3.78. The fraction of sp³-hybridized carbons (Fsp3) is 0.562. The third kappa shape index (κ3) is 5.36. The summed E-state index contributed by atoms with van der Waals surface area (Å²) in [6, 6.07) is 6.60. The van der Waals surface area contributed by atoms with Crippen LogP contribution < -0.4 is 10.1 Å². The average Bonchev–Trinajstić information content (AvgIpc) is 2.47. The van der Waals surface area contributed by atoms with Crippen LogP contribution in [0.4, 0.5) is 0 Å². The number of benzene rings is 1. The highest BCUT2D eigenvalue weighted by Crippen LogP contribution is 2.14. The summed E-state index contributed by atoms with van der Waals surface area (Å²) in [5.41, 5.74) is 0.255. The Kier molecular flexibility index (Phi) is 6.02. The molecule has 0 bridgehead atoms. The van der Waals surface area contributed by atoms with E-state index in [1.54, 1.807) is 24.3 Å². The van der Waals surface area contributed by atoms with Gasteiger partial charge in [0.1, 0.15) is 12.4 Å². The maximum Gasteiger partial charge on any atom is 0.335 e. The van der Waals surface area contributed by atoms with Crippen LogP contribution in [0.2, 0.25) is 0 Å². The summed E-state index contributed by atoms with van der Waals surface area (Å²) < 4.78 is 5.57. The van der Waals surface area contributed by atoms with Crippen LogP contribution in [0.15, 0.2) is 24.3 Å². The average molecular weight is 292 g/mol. The summed E-state index contributed by atoms with van der Waals surface area (Å²) in [5.74, 6) is 0.396. The lowest BCUT2D eigenvalue weighted by molar-refractivity contribution is 0.0696. The van der Waals surface area contributed by atoms with Gasteiger partial charge in [0.15, 0.2) is 0 Å². The van der Waals surface area contributed by atoms with Gasteiger partial charge in [0.05, 0.1) is 5.56 Å². The molecule has 0 spiro atoms. The second kappa shape index (κ2) is 8.00. The highest BCUT2D eigenvalue weighted by molar-refractivity contribution is 5.87. The van der Waals surface area contributed by atoms with Crippen molar-refractivity contribution in [2.24, 2.45) is 5.92 Å². The number of carbonyl (C=O) groups is 1. The van der Waals surface area contributed by atoms with E-state index in [1.807, 2.05) is 0 Å². The largest absolute Gasteiger partial charge is 0.492 e. The molecular weight excluding hydrogens is 268 g/mol. The Morgan fingerprint density at radius 1 is 1.52 bits per heavy atom. The standard InChI is InChI=1S/C16H24N2O3/c1-18-8-3-4-13(12-18)11-17-7-9-21-15-6-2-5-14(10-15)16(19)20/h2,5-6,10,13,17H,3-4,7-9,11-12H2,1H3,(H,19,20). The number of hydrogen-bond donors (Lipinski definition) is 2. The van der Waals surface area contributed by atoms with Gasteiger partial charge in [-0.1, -0.05) is 6.07 Å². The van der Waals surface area contributed by atoms with Crippen LogP contribution >= 0.6 is 0 Å². The number of rotatable bonds is 7. The van der Waals surface area contributed by atoms with E-state index in [0.717, 1.165) is 25.6 Å². The van der Waals surface area contributed by atoms with Crippen molar-refractivity contribution in [1.29, 1.82) is 0 Å². The number of carboxylic acid groups (broad SMARTS) is 1. The minimum absolute atomic E-state index is 0.255. The molecular formula is C16H24N2O3. The molecule has 0 radical (unpaired) electrons. The molecule has 1 aromatic carbocycles. The Hall–Kier alpha value is -1.59. The highest BCUT2D eigenvalue weighted by atomic mass is 16.5. The van der Waals surface area contributed by atoms with E-state index in [4.69, 9.17) is 9.84 Å². The lowest BCUT2D eigenvalue weighted by atomic mass is 9.98. The van der Waals surface area contributed by atoms with Gasteiger partial charge in [0.2, 0.25) is 0 Å². The molecule has 1 aromatic rings. The second-order valence-corrected chi connectivity index (χ2v) is 5.66. The van der Waals surface area contributed by atoms with Gasteiger partial charge in [-0.15, -0.1) is 0 Å². The second-order valence-electron chi connectivity index (χ2n) is 5.66. The van der Waals surface area contributed by atoms with E-state index in [-0.39, 0.29) is 5.56 Å². The van der Waals surface area contributed by atoms with Crippen molar-refractivity contribution in [3.05, 3.63) is 29.8 Å². The summed E-state index contributed by atoms with van der Waals surface area (Å²) in [6.07, 6.45) is 2.57. The predicted molar refractivity (Wildman–Crippen MR) is 82.0 cm³/mol. The zero-order chi connectivity index (χ0) is 15.1. The number of ether oxygens (including phenoxy) is 1. The van der Waals surface area contributed by atoms with Crippen molar-refractivity contribution >= 4 is 5.97 Å². The van der Waals surface area contributed by atoms with Crippen LogP contribution in [0.3, 0.4) is 0 Å². The maximum absolute atomic E-state index is 10.9. The van der Waals surface area contributed by atoms with Gasteiger partial charge in [-0.3, -0.25) is 0 Å². The quantitative estimate of drug-likeness (QED) is 0.749. The van der Waals surface area contributed by atoms with Crippen LogP contribution in [-0.4, -0.2) is 55.8 Å². The molecule has 5 heteroatoms. The Bertz CT molecular complexity index is 465. The number of likely N-dealkylation sites (tertiary alicyclic amines) is 1. The lowest BCUT2D eigenvalue weighted by Gasteiger charge is -2.29. The molecule has 116 valence electrons. The number of nitrogens with zero attached hydrogens (tertiary/aromatic N) is 1. The first-order valence-corrected chi connectivity index (χ1v) is 7.50. The number of hydrogen-bond acceptors (Lipinski definition) is 4. The van der Waals surface area contributed by atoms with E-state index < -0.39 is 5.97 Å². The molecule has 21 heavy (non-hydrogen) atoms. The summed E-state index contributed by atoms with van der Waals surface area (Å²) in [5, 5.41) is 12.3.